The first-order valence-electron chi connectivity index (χ1n) is 6.53. The van der Waals surface area contributed by atoms with E-state index in [0.29, 0.717) is 28.6 Å². The van der Waals surface area contributed by atoms with Gasteiger partial charge in [-0.3, -0.25) is 9.59 Å². The van der Waals surface area contributed by atoms with Crippen LogP contribution in [0.2, 0.25) is 0 Å². The van der Waals surface area contributed by atoms with Crippen LogP contribution in [0.5, 0.6) is 0 Å². The van der Waals surface area contributed by atoms with Gasteiger partial charge < -0.3 is 5.32 Å². The molecule has 0 saturated carbocycles. The van der Waals surface area contributed by atoms with Crippen LogP contribution >= 0.6 is 11.8 Å². The van der Waals surface area contributed by atoms with Crippen LogP contribution in [-0.2, 0) is 4.79 Å². The van der Waals surface area contributed by atoms with E-state index in [4.69, 9.17) is 0 Å². The molecule has 0 saturated heterocycles. The van der Waals surface area contributed by atoms with Gasteiger partial charge in [0, 0.05) is 12.0 Å². The zero-order valence-corrected chi connectivity index (χ0v) is 12.4. The molecule has 0 radical (unpaired) electrons. The maximum Gasteiger partial charge on any atom is 0.225 e. The highest BCUT2D eigenvalue weighted by Crippen LogP contribution is 2.17. The molecule has 1 heterocycles. The number of amides is 1. The van der Waals surface area contributed by atoms with Crippen LogP contribution < -0.4 is 5.32 Å². The Kier molecular flexibility index (Phi) is 5.45. The lowest BCUT2D eigenvalue weighted by Crippen LogP contribution is -2.11. The molecule has 108 valence electrons. The molecular formula is C15H15N3O2S. The maximum absolute atomic E-state index is 11.9. The maximum atomic E-state index is 11.9. The van der Waals surface area contributed by atoms with Crippen molar-refractivity contribution in [3.63, 3.8) is 0 Å². The number of rotatable bonds is 6. The molecule has 1 N–H and O–H groups in total. The molecule has 1 amide bonds. The zero-order chi connectivity index (χ0) is 15.1. The number of benzene rings is 1. The summed E-state index contributed by atoms with van der Waals surface area (Å²) in [4.78, 5) is 23.2. The van der Waals surface area contributed by atoms with Crippen molar-refractivity contribution in [2.24, 2.45) is 0 Å². The van der Waals surface area contributed by atoms with E-state index in [1.165, 1.54) is 11.8 Å². The quantitative estimate of drug-likeness (QED) is 0.656. The van der Waals surface area contributed by atoms with E-state index >= 15 is 0 Å². The molecule has 21 heavy (non-hydrogen) atoms. The number of carbonyl (C=O) groups is 2. The van der Waals surface area contributed by atoms with Crippen LogP contribution in [0.25, 0.3) is 0 Å². The number of carbonyl (C=O) groups excluding carboxylic acids is 2. The van der Waals surface area contributed by atoms with Crippen LogP contribution in [0.15, 0.2) is 47.5 Å². The van der Waals surface area contributed by atoms with Crippen LogP contribution in [-0.4, -0.2) is 27.6 Å². The molecule has 0 aliphatic heterocycles. The number of Topliss-reactive ketones (excluding diaryl/α,β-unsaturated/α-hetero) is 1. The highest BCUT2D eigenvalue weighted by molar-refractivity contribution is 7.99. The molecule has 1 aromatic heterocycles. The van der Waals surface area contributed by atoms with Crippen molar-refractivity contribution in [1.29, 1.82) is 0 Å². The minimum absolute atomic E-state index is 0.0470. The van der Waals surface area contributed by atoms with E-state index in [0.717, 1.165) is 0 Å². The first-order chi connectivity index (χ1) is 10.2. The summed E-state index contributed by atoms with van der Waals surface area (Å²) in [5.74, 6) is 0.662. The first kappa shape index (κ1) is 15.2. The molecule has 0 unspecified atom stereocenters. The van der Waals surface area contributed by atoms with Crippen LogP contribution in [0.3, 0.4) is 0 Å². The van der Waals surface area contributed by atoms with Crippen molar-refractivity contribution in [2.75, 3.05) is 11.1 Å². The van der Waals surface area contributed by atoms with Crippen molar-refractivity contribution in [3.05, 3.63) is 48.0 Å². The molecule has 2 aromatic rings. The minimum atomic E-state index is -0.107. The highest BCUT2D eigenvalue weighted by atomic mass is 32.2. The third-order valence-electron chi connectivity index (χ3n) is 2.68. The second-order valence-corrected chi connectivity index (χ2v) is 5.23. The summed E-state index contributed by atoms with van der Waals surface area (Å²) in [5.41, 5.74) is 0.685. The Morgan fingerprint density at radius 3 is 2.48 bits per heavy atom. The van der Waals surface area contributed by atoms with Gasteiger partial charge in [0.25, 0.3) is 0 Å². The summed E-state index contributed by atoms with van der Waals surface area (Å²) in [6, 6.07) is 12.5. The lowest BCUT2D eigenvalue weighted by molar-refractivity contribution is -0.115. The lowest BCUT2D eigenvalue weighted by Gasteiger charge is -2.03. The summed E-state index contributed by atoms with van der Waals surface area (Å²) >= 11 is 1.32. The Morgan fingerprint density at radius 1 is 1.10 bits per heavy atom. The number of aromatic nitrogens is 2. The molecule has 0 aliphatic rings. The molecule has 2 rings (SSSR count). The van der Waals surface area contributed by atoms with Gasteiger partial charge in [0.05, 0.1) is 5.75 Å². The molecule has 6 heteroatoms. The smallest absolute Gasteiger partial charge is 0.225 e. The number of nitrogens with zero attached hydrogens (tertiary/aromatic N) is 2. The fraction of sp³-hybridized carbons (Fsp3) is 0.200. The third-order valence-corrected chi connectivity index (χ3v) is 3.60. The van der Waals surface area contributed by atoms with Gasteiger partial charge in [-0.05, 0) is 12.1 Å². The van der Waals surface area contributed by atoms with Crippen molar-refractivity contribution in [2.45, 2.75) is 18.4 Å². The monoisotopic (exact) mass is 301 g/mol. The normalized spacial score (nSPS) is 10.1. The Bertz CT molecular complexity index is 615. The molecular weight excluding hydrogens is 286 g/mol. The number of nitrogens with one attached hydrogen (secondary N) is 1. The third kappa shape index (κ3) is 4.68. The Morgan fingerprint density at radius 2 is 1.86 bits per heavy atom. The Hall–Kier alpha value is -2.21. The SMILES string of the molecule is CCC(=O)Nc1ccc(SCC(=O)c2ccccc2)nn1. The van der Waals surface area contributed by atoms with E-state index < -0.39 is 0 Å². The number of thioether (sulfide) groups is 1. The number of hydrogen-bond donors (Lipinski definition) is 1. The molecule has 0 atom stereocenters. The summed E-state index contributed by atoms with van der Waals surface area (Å²) < 4.78 is 0. The number of anilines is 1. The van der Waals surface area contributed by atoms with Crippen molar-refractivity contribution < 1.29 is 9.59 Å². The lowest BCUT2D eigenvalue weighted by atomic mass is 10.2. The standard InChI is InChI=1S/C15H15N3O2S/c1-2-14(20)16-13-8-9-15(18-17-13)21-10-12(19)11-6-4-3-5-7-11/h3-9H,2,10H2,1H3,(H,16,17,20). The predicted octanol–water partition coefficient (Wildman–Crippen LogP) is 2.80. The summed E-state index contributed by atoms with van der Waals surface area (Å²) in [6.07, 6.45) is 0.393. The molecule has 0 fully saturated rings. The Labute approximate surface area is 127 Å². The van der Waals surface area contributed by atoms with Gasteiger partial charge in [-0.2, -0.15) is 0 Å². The largest absolute Gasteiger partial charge is 0.309 e. The molecule has 0 aliphatic carbocycles. The number of hydrogen-bond acceptors (Lipinski definition) is 5. The fourth-order valence-corrected chi connectivity index (χ4v) is 2.25. The van der Waals surface area contributed by atoms with Gasteiger partial charge in [-0.25, -0.2) is 0 Å². The van der Waals surface area contributed by atoms with Gasteiger partial charge in [-0.1, -0.05) is 49.0 Å². The van der Waals surface area contributed by atoms with E-state index in [1.807, 2.05) is 18.2 Å². The van der Waals surface area contributed by atoms with Gasteiger partial charge in [0.1, 0.15) is 5.03 Å². The number of ketones is 1. The second-order valence-electron chi connectivity index (χ2n) is 4.24. The van der Waals surface area contributed by atoms with E-state index in [-0.39, 0.29) is 11.7 Å². The average Bonchev–Trinajstić information content (AvgIpc) is 2.54. The molecule has 0 bridgehead atoms. The first-order valence-corrected chi connectivity index (χ1v) is 7.52. The van der Waals surface area contributed by atoms with Gasteiger partial charge in [0.15, 0.2) is 11.6 Å². The van der Waals surface area contributed by atoms with E-state index in [9.17, 15) is 9.59 Å². The topological polar surface area (TPSA) is 72.0 Å². The van der Waals surface area contributed by atoms with Gasteiger partial charge in [-0.15, -0.1) is 10.2 Å². The van der Waals surface area contributed by atoms with Gasteiger partial charge >= 0.3 is 0 Å². The molecule has 1 aromatic carbocycles. The fourth-order valence-electron chi connectivity index (χ4n) is 1.54. The van der Waals surface area contributed by atoms with Crippen molar-refractivity contribution in [1.82, 2.24) is 10.2 Å². The van der Waals surface area contributed by atoms with Crippen LogP contribution in [0, 0.1) is 0 Å². The van der Waals surface area contributed by atoms with Crippen LogP contribution in [0.4, 0.5) is 5.82 Å². The summed E-state index contributed by atoms with van der Waals surface area (Å²) in [7, 11) is 0. The second kappa shape index (κ2) is 7.54. The zero-order valence-electron chi connectivity index (χ0n) is 11.6. The minimum Gasteiger partial charge on any atom is -0.309 e. The summed E-state index contributed by atoms with van der Waals surface area (Å²) in [5, 5.41) is 11.1. The summed E-state index contributed by atoms with van der Waals surface area (Å²) in [6.45, 7) is 1.77. The molecule has 5 nitrogen and oxygen atoms in total. The molecule has 0 spiro atoms. The van der Waals surface area contributed by atoms with Crippen molar-refractivity contribution >= 4 is 29.3 Å². The highest BCUT2D eigenvalue weighted by Gasteiger charge is 2.07. The van der Waals surface area contributed by atoms with Crippen LogP contribution in [0.1, 0.15) is 23.7 Å². The predicted molar refractivity (Wildman–Crippen MR) is 82.4 cm³/mol. The van der Waals surface area contributed by atoms with Crippen molar-refractivity contribution in [3.8, 4) is 0 Å². The van der Waals surface area contributed by atoms with Gasteiger partial charge in [0.2, 0.25) is 5.91 Å². The Balaban J connectivity index is 1.89. The van der Waals surface area contributed by atoms with E-state index in [1.54, 1.807) is 31.2 Å². The average molecular weight is 301 g/mol. The van der Waals surface area contributed by atoms with E-state index in [2.05, 4.69) is 15.5 Å².